The highest BCUT2D eigenvalue weighted by atomic mass is 16.1. The number of hydrogen-bond donors (Lipinski definition) is 1. The molecule has 2 aromatic heterocycles. The van der Waals surface area contributed by atoms with Crippen LogP contribution in [-0.4, -0.2) is 31.1 Å². The van der Waals surface area contributed by atoms with Gasteiger partial charge >= 0.3 is 0 Å². The van der Waals surface area contributed by atoms with Crippen molar-refractivity contribution < 1.29 is 4.79 Å². The van der Waals surface area contributed by atoms with Gasteiger partial charge in [-0.2, -0.15) is 4.80 Å². The fourth-order valence-corrected chi connectivity index (χ4v) is 3.23. The molecular formula is C18H18N6O. The Morgan fingerprint density at radius 1 is 1.28 bits per heavy atom. The van der Waals surface area contributed by atoms with Crippen LogP contribution in [0.1, 0.15) is 39.6 Å². The quantitative estimate of drug-likeness (QED) is 0.792. The van der Waals surface area contributed by atoms with Crippen LogP contribution in [0, 0.1) is 6.92 Å². The molecule has 0 saturated heterocycles. The van der Waals surface area contributed by atoms with Gasteiger partial charge in [0.2, 0.25) is 5.82 Å². The molecule has 0 bridgehead atoms. The van der Waals surface area contributed by atoms with E-state index in [2.05, 4.69) is 37.8 Å². The molecule has 1 aliphatic rings. The summed E-state index contributed by atoms with van der Waals surface area (Å²) in [6.07, 6.45) is 3.47. The van der Waals surface area contributed by atoms with Crippen molar-refractivity contribution in [2.45, 2.75) is 25.8 Å². The number of rotatable bonds is 3. The van der Waals surface area contributed by atoms with E-state index < -0.39 is 0 Å². The Labute approximate surface area is 145 Å². The third-order valence-electron chi connectivity index (χ3n) is 4.45. The maximum atomic E-state index is 12.5. The number of fused-ring (bicyclic) bond motifs is 1. The summed E-state index contributed by atoms with van der Waals surface area (Å²) in [5.74, 6) is 0.549. The Morgan fingerprint density at radius 3 is 2.92 bits per heavy atom. The highest BCUT2D eigenvalue weighted by molar-refractivity contribution is 5.94. The summed E-state index contributed by atoms with van der Waals surface area (Å²) in [6.45, 7) is 1.88. The van der Waals surface area contributed by atoms with E-state index in [1.54, 1.807) is 25.4 Å². The van der Waals surface area contributed by atoms with Gasteiger partial charge in [-0.3, -0.25) is 9.78 Å². The number of aryl methyl sites for hydroxylation is 3. The Morgan fingerprint density at radius 2 is 2.16 bits per heavy atom. The van der Waals surface area contributed by atoms with E-state index in [1.165, 1.54) is 10.4 Å². The number of benzene rings is 1. The predicted molar refractivity (Wildman–Crippen MR) is 91.7 cm³/mol. The summed E-state index contributed by atoms with van der Waals surface area (Å²) >= 11 is 0. The molecule has 1 N–H and O–H groups in total. The van der Waals surface area contributed by atoms with Crippen LogP contribution in [0.3, 0.4) is 0 Å². The summed E-state index contributed by atoms with van der Waals surface area (Å²) < 4.78 is 0. The SMILES string of the molecule is Cc1cc(C(=O)N[C@@H]2CCc3cc(-c4nnn(C)n4)ccc32)ccn1. The third-order valence-corrected chi connectivity index (χ3v) is 4.45. The molecule has 126 valence electrons. The second kappa shape index (κ2) is 6.08. The van der Waals surface area contributed by atoms with Crippen LogP contribution in [0.4, 0.5) is 0 Å². The molecule has 0 aliphatic heterocycles. The molecule has 2 heterocycles. The van der Waals surface area contributed by atoms with Crippen molar-refractivity contribution in [3.63, 3.8) is 0 Å². The lowest BCUT2D eigenvalue weighted by Crippen LogP contribution is -2.27. The lowest BCUT2D eigenvalue weighted by molar-refractivity contribution is 0.0936. The van der Waals surface area contributed by atoms with E-state index in [0.717, 1.165) is 29.7 Å². The Bertz CT molecular complexity index is 948. The molecule has 7 nitrogen and oxygen atoms in total. The number of nitrogens with zero attached hydrogens (tertiary/aromatic N) is 5. The summed E-state index contributed by atoms with van der Waals surface area (Å²) in [5, 5.41) is 15.3. The Hall–Kier alpha value is -3.09. The van der Waals surface area contributed by atoms with Crippen molar-refractivity contribution >= 4 is 5.91 Å². The van der Waals surface area contributed by atoms with Gasteiger partial charge in [0.15, 0.2) is 0 Å². The smallest absolute Gasteiger partial charge is 0.251 e. The van der Waals surface area contributed by atoms with Crippen LogP contribution < -0.4 is 5.32 Å². The first kappa shape index (κ1) is 15.4. The van der Waals surface area contributed by atoms with E-state index in [9.17, 15) is 4.79 Å². The Kier molecular flexibility index (Phi) is 3.76. The molecule has 1 atom stereocenters. The minimum atomic E-state index is -0.0666. The molecule has 7 heteroatoms. The maximum absolute atomic E-state index is 12.5. The van der Waals surface area contributed by atoms with Crippen LogP contribution in [0.2, 0.25) is 0 Å². The first-order chi connectivity index (χ1) is 12.1. The fraction of sp³-hybridized carbons (Fsp3) is 0.278. The van der Waals surface area contributed by atoms with Crippen molar-refractivity contribution in [2.75, 3.05) is 0 Å². The zero-order valence-electron chi connectivity index (χ0n) is 14.1. The van der Waals surface area contributed by atoms with E-state index in [0.29, 0.717) is 11.4 Å². The van der Waals surface area contributed by atoms with Crippen molar-refractivity contribution in [1.82, 2.24) is 30.5 Å². The summed E-state index contributed by atoms with van der Waals surface area (Å²) in [7, 11) is 1.75. The summed E-state index contributed by atoms with van der Waals surface area (Å²) in [5.41, 5.74) is 4.80. The van der Waals surface area contributed by atoms with E-state index >= 15 is 0 Å². The maximum Gasteiger partial charge on any atom is 0.251 e. The van der Waals surface area contributed by atoms with Gasteiger partial charge in [-0.05, 0) is 54.3 Å². The van der Waals surface area contributed by atoms with Gasteiger partial charge in [-0.1, -0.05) is 12.1 Å². The average molecular weight is 334 g/mol. The van der Waals surface area contributed by atoms with Crippen LogP contribution in [-0.2, 0) is 13.5 Å². The van der Waals surface area contributed by atoms with Gasteiger partial charge in [-0.25, -0.2) is 0 Å². The molecule has 0 fully saturated rings. The molecule has 1 aliphatic carbocycles. The lowest BCUT2D eigenvalue weighted by Gasteiger charge is -2.14. The number of aromatic nitrogens is 5. The van der Waals surface area contributed by atoms with Crippen LogP contribution >= 0.6 is 0 Å². The zero-order chi connectivity index (χ0) is 17.4. The number of carbonyl (C=O) groups excluding carboxylic acids is 1. The molecular weight excluding hydrogens is 316 g/mol. The van der Waals surface area contributed by atoms with Gasteiger partial charge in [-0.15, -0.1) is 10.2 Å². The molecule has 4 rings (SSSR count). The molecule has 0 saturated carbocycles. The van der Waals surface area contributed by atoms with Gasteiger partial charge in [0, 0.05) is 23.0 Å². The minimum Gasteiger partial charge on any atom is -0.345 e. The first-order valence-electron chi connectivity index (χ1n) is 8.21. The highest BCUT2D eigenvalue weighted by Gasteiger charge is 2.25. The molecule has 0 radical (unpaired) electrons. The number of nitrogens with one attached hydrogen (secondary N) is 1. The van der Waals surface area contributed by atoms with Gasteiger partial charge in [0.25, 0.3) is 5.91 Å². The average Bonchev–Trinajstić information content (AvgIpc) is 3.21. The number of carbonyl (C=O) groups is 1. The lowest BCUT2D eigenvalue weighted by atomic mass is 10.0. The number of amides is 1. The van der Waals surface area contributed by atoms with E-state index in [1.807, 2.05) is 13.0 Å². The molecule has 0 unspecified atom stereocenters. The van der Waals surface area contributed by atoms with Gasteiger partial charge in [0.1, 0.15) is 0 Å². The standard InChI is InChI=1S/C18H18N6O/c1-11-9-14(7-8-19-11)18(25)20-16-6-4-12-10-13(3-5-15(12)16)17-21-23-24(2)22-17/h3,5,7-10,16H,4,6H2,1-2H3,(H,20,25)/t16-/m1/s1. The monoisotopic (exact) mass is 334 g/mol. The van der Waals surface area contributed by atoms with Crippen molar-refractivity contribution in [3.8, 4) is 11.4 Å². The molecule has 25 heavy (non-hydrogen) atoms. The second-order valence-corrected chi connectivity index (χ2v) is 6.27. The molecule has 1 aromatic carbocycles. The number of hydrogen-bond acceptors (Lipinski definition) is 5. The van der Waals surface area contributed by atoms with Crippen molar-refractivity contribution in [2.24, 2.45) is 7.05 Å². The second-order valence-electron chi connectivity index (χ2n) is 6.27. The fourth-order valence-electron chi connectivity index (χ4n) is 3.23. The highest BCUT2D eigenvalue weighted by Crippen LogP contribution is 2.33. The third kappa shape index (κ3) is 3.00. The van der Waals surface area contributed by atoms with Crippen molar-refractivity contribution in [3.05, 3.63) is 58.9 Å². The van der Waals surface area contributed by atoms with Gasteiger partial charge in [0.05, 0.1) is 13.1 Å². The summed E-state index contributed by atoms with van der Waals surface area (Å²) in [6, 6.07) is 9.69. The normalized spacial score (nSPS) is 15.8. The Balaban J connectivity index is 1.55. The molecule has 0 spiro atoms. The zero-order valence-corrected chi connectivity index (χ0v) is 14.1. The molecule has 3 aromatic rings. The number of tetrazole rings is 1. The predicted octanol–water partition coefficient (Wildman–Crippen LogP) is 2.00. The van der Waals surface area contributed by atoms with Gasteiger partial charge < -0.3 is 5.32 Å². The number of pyridine rings is 1. The van der Waals surface area contributed by atoms with E-state index in [4.69, 9.17) is 0 Å². The minimum absolute atomic E-state index is 0.0276. The summed E-state index contributed by atoms with van der Waals surface area (Å²) in [4.78, 5) is 18.1. The van der Waals surface area contributed by atoms with Crippen LogP contribution in [0.15, 0.2) is 36.5 Å². The van der Waals surface area contributed by atoms with Crippen LogP contribution in [0.25, 0.3) is 11.4 Å². The van der Waals surface area contributed by atoms with Crippen molar-refractivity contribution in [1.29, 1.82) is 0 Å². The first-order valence-corrected chi connectivity index (χ1v) is 8.21. The van der Waals surface area contributed by atoms with Crippen LogP contribution in [0.5, 0.6) is 0 Å². The van der Waals surface area contributed by atoms with E-state index in [-0.39, 0.29) is 11.9 Å². The largest absolute Gasteiger partial charge is 0.345 e. The molecule has 1 amide bonds. The topological polar surface area (TPSA) is 85.6 Å².